The van der Waals surface area contributed by atoms with Crippen molar-refractivity contribution in [3.63, 3.8) is 0 Å². The zero-order chi connectivity index (χ0) is 20.5. The number of H-pyrrole nitrogens is 1. The van der Waals surface area contributed by atoms with Gasteiger partial charge in [-0.15, -0.1) is 0 Å². The van der Waals surface area contributed by atoms with Crippen molar-refractivity contribution in [2.24, 2.45) is 0 Å². The second-order valence-electron chi connectivity index (χ2n) is 6.82. The van der Waals surface area contributed by atoms with E-state index in [-0.39, 0.29) is 5.97 Å². The average Bonchev–Trinajstić information content (AvgIpc) is 3.40. The van der Waals surface area contributed by atoms with E-state index in [1.54, 1.807) is 24.4 Å². The number of pyridine rings is 2. The fourth-order valence-corrected chi connectivity index (χ4v) is 3.40. The molecular formula is C22H15N5O3. The summed E-state index contributed by atoms with van der Waals surface area (Å²) in [6, 6.07) is 14.5. The minimum Gasteiger partial charge on any atom is -0.457 e. The van der Waals surface area contributed by atoms with Gasteiger partial charge in [0.15, 0.2) is 5.82 Å². The molecule has 0 aliphatic carbocycles. The number of nitrogens with zero attached hydrogens (tertiary/aromatic N) is 4. The smallest absolute Gasteiger partial charge is 0.306 e. The number of cyclic esters (lactones) is 1. The minimum absolute atomic E-state index is 0.232. The summed E-state index contributed by atoms with van der Waals surface area (Å²) in [7, 11) is 0. The molecule has 1 unspecified atom stereocenters. The third kappa shape index (κ3) is 3.33. The number of imidazole rings is 1. The maximum absolute atomic E-state index is 11.7. The Morgan fingerprint density at radius 2 is 2.13 bits per heavy atom. The molecule has 0 bridgehead atoms. The lowest BCUT2D eigenvalue weighted by Gasteiger charge is -2.15. The van der Waals surface area contributed by atoms with Gasteiger partial charge in [0.05, 0.1) is 17.2 Å². The molecule has 4 heterocycles. The molecule has 0 amide bonds. The van der Waals surface area contributed by atoms with E-state index in [0.717, 1.165) is 16.8 Å². The second kappa shape index (κ2) is 7.29. The molecule has 5 rings (SSSR count). The first kappa shape index (κ1) is 17.8. The number of rotatable bonds is 4. The van der Waals surface area contributed by atoms with Gasteiger partial charge in [0.25, 0.3) is 0 Å². The van der Waals surface area contributed by atoms with Crippen molar-refractivity contribution in [1.29, 1.82) is 5.26 Å². The van der Waals surface area contributed by atoms with Crippen LogP contribution in [0.5, 0.6) is 11.5 Å². The van der Waals surface area contributed by atoms with Crippen LogP contribution in [-0.2, 0) is 9.53 Å². The quantitative estimate of drug-likeness (QED) is 0.516. The lowest BCUT2D eigenvalue weighted by atomic mass is 10.0. The molecular weight excluding hydrogens is 382 g/mol. The van der Waals surface area contributed by atoms with E-state index < -0.39 is 6.10 Å². The summed E-state index contributed by atoms with van der Waals surface area (Å²) < 4.78 is 11.5. The highest BCUT2D eigenvalue weighted by molar-refractivity contribution is 5.82. The second-order valence-corrected chi connectivity index (χ2v) is 6.82. The van der Waals surface area contributed by atoms with Crippen molar-refractivity contribution >= 4 is 17.0 Å². The first-order chi connectivity index (χ1) is 14.7. The third-order valence-electron chi connectivity index (χ3n) is 4.83. The molecule has 0 spiro atoms. The number of ether oxygens (including phenoxy) is 2. The van der Waals surface area contributed by atoms with Crippen molar-refractivity contribution in [2.75, 3.05) is 0 Å². The first-order valence-electron chi connectivity index (χ1n) is 9.38. The van der Waals surface area contributed by atoms with Gasteiger partial charge in [-0.25, -0.2) is 9.97 Å². The van der Waals surface area contributed by atoms with E-state index >= 15 is 0 Å². The highest BCUT2D eigenvalue weighted by Crippen LogP contribution is 2.39. The molecule has 4 aromatic rings. The predicted octanol–water partition coefficient (Wildman–Crippen LogP) is 4.06. The fraction of sp³-hybridized carbons (Fsp3) is 0.136. The van der Waals surface area contributed by atoms with Gasteiger partial charge >= 0.3 is 5.97 Å². The summed E-state index contributed by atoms with van der Waals surface area (Å²) >= 11 is 0. The average molecular weight is 397 g/mol. The Kier molecular flexibility index (Phi) is 4.33. The Morgan fingerprint density at radius 1 is 1.20 bits per heavy atom. The number of nitrogens with one attached hydrogen (secondary N) is 1. The molecule has 1 N–H and O–H groups in total. The molecule has 1 atom stereocenters. The summed E-state index contributed by atoms with van der Waals surface area (Å²) in [6.45, 7) is 0. The Labute approximate surface area is 171 Å². The van der Waals surface area contributed by atoms with Crippen LogP contribution in [0.3, 0.4) is 0 Å². The standard InChI is InChI=1S/C22H15N5O3/c23-11-13-4-5-14(12-25-13)29-20-10-18-17(9-15(20)19-6-7-21(28)30-19)26-22(27-18)16-3-1-2-8-24-16/h1-5,8-10,12,19H,6-7H2,(H,26,27). The van der Waals surface area contributed by atoms with Crippen LogP contribution in [0.15, 0.2) is 54.9 Å². The summed E-state index contributed by atoms with van der Waals surface area (Å²) in [4.78, 5) is 28.0. The summed E-state index contributed by atoms with van der Waals surface area (Å²) in [5, 5.41) is 8.93. The Hall–Kier alpha value is -4.25. The molecule has 8 nitrogen and oxygen atoms in total. The summed E-state index contributed by atoms with van der Waals surface area (Å²) in [6.07, 6.45) is 3.73. The van der Waals surface area contributed by atoms with E-state index in [9.17, 15) is 4.79 Å². The predicted molar refractivity (Wildman–Crippen MR) is 106 cm³/mol. The number of fused-ring (bicyclic) bond motifs is 1. The van der Waals surface area contributed by atoms with Crippen LogP contribution in [0.4, 0.5) is 0 Å². The van der Waals surface area contributed by atoms with E-state index in [1.807, 2.05) is 30.3 Å². The van der Waals surface area contributed by atoms with Crippen molar-refractivity contribution in [3.8, 4) is 29.1 Å². The van der Waals surface area contributed by atoms with E-state index in [4.69, 9.17) is 14.7 Å². The topological polar surface area (TPSA) is 114 Å². The lowest BCUT2D eigenvalue weighted by molar-refractivity contribution is -0.141. The van der Waals surface area contributed by atoms with Crippen LogP contribution in [0.2, 0.25) is 0 Å². The van der Waals surface area contributed by atoms with E-state index in [0.29, 0.717) is 41.4 Å². The van der Waals surface area contributed by atoms with Crippen LogP contribution in [0.1, 0.15) is 30.2 Å². The van der Waals surface area contributed by atoms with E-state index in [1.165, 1.54) is 6.20 Å². The number of hydrogen-bond acceptors (Lipinski definition) is 7. The van der Waals surface area contributed by atoms with Gasteiger partial charge in [0.1, 0.15) is 35.1 Å². The molecule has 8 heteroatoms. The summed E-state index contributed by atoms with van der Waals surface area (Å²) in [5.74, 6) is 1.40. The highest BCUT2D eigenvalue weighted by Gasteiger charge is 2.28. The van der Waals surface area contributed by atoms with Gasteiger partial charge in [0.2, 0.25) is 0 Å². The fourth-order valence-electron chi connectivity index (χ4n) is 3.40. The van der Waals surface area contributed by atoms with Crippen molar-refractivity contribution in [1.82, 2.24) is 19.9 Å². The van der Waals surface area contributed by atoms with E-state index in [2.05, 4.69) is 19.9 Å². The van der Waals surface area contributed by atoms with Crippen LogP contribution in [0, 0.1) is 11.3 Å². The van der Waals surface area contributed by atoms with Crippen LogP contribution >= 0.6 is 0 Å². The van der Waals surface area contributed by atoms with Gasteiger partial charge in [-0.05, 0) is 36.8 Å². The zero-order valence-corrected chi connectivity index (χ0v) is 15.7. The Bertz CT molecular complexity index is 1280. The zero-order valence-electron chi connectivity index (χ0n) is 15.7. The number of benzene rings is 1. The van der Waals surface area contributed by atoms with Crippen LogP contribution < -0.4 is 4.74 Å². The first-order valence-corrected chi connectivity index (χ1v) is 9.38. The lowest BCUT2D eigenvalue weighted by Crippen LogP contribution is -2.01. The number of carbonyl (C=O) groups is 1. The SMILES string of the molecule is N#Cc1ccc(Oc2cc3nc(-c4ccccn4)[nH]c3cc2C2CCC(=O)O2)cn1. The van der Waals surface area contributed by atoms with Gasteiger partial charge in [-0.1, -0.05) is 6.07 Å². The van der Waals surface area contributed by atoms with Gasteiger partial charge < -0.3 is 14.5 Å². The van der Waals surface area contributed by atoms with Crippen molar-refractivity contribution in [2.45, 2.75) is 18.9 Å². The van der Waals surface area contributed by atoms with Crippen LogP contribution in [0.25, 0.3) is 22.6 Å². The molecule has 1 aromatic carbocycles. The highest BCUT2D eigenvalue weighted by atomic mass is 16.6. The summed E-state index contributed by atoms with van der Waals surface area (Å²) in [5.41, 5.74) is 3.25. The van der Waals surface area contributed by atoms with Crippen molar-refractivity contribution < 1.29 is 14.3 Å². The Balaban J connectivity index is 1.58. The van der Waals surface area contributed by atoms with Crippen LogP contribution in [-0.4, -0.2) is 25.9 Å². The number of carbonyl (C=O) groups excluding carboxylic acids is 1. The molecule has 3 aromatic heterocycles. The van der Waals surface area contributed by atoms with Gasteiger partial charge in [-0.3, -0.25) is 9.78 Å². The molecule has 1 aliphatic heterocycles. The molecule has 0 saturated carbocycles. The maximum atomic E-state index is 11.7. The van der Waals surface area contributed by atoms with Crippen molar-refractivity contribution in [3.05, 3.63) is 66.1 Å². The Morgan fingerprint density at radius 3 is 2.83 bits per heavy atom. The monoisotopic (exact) mass is 397 g/mol. The number of hydrogen-bond donors (Lipinski definition) is 1. The normalized spacial score (nSPS) is 15.7. The molecule has 146 valence electrons. The van der Waals surface area contributed by atoms with Gasteiger partial charge in [-0.2, -0.15) is 5.26 Å². The molecule has 1 fully saturated rings. The minimum atomic E-state index is -0.398. The number of nitriles is 1. The number of aromatic nitrogens is 4. The molecule has 30 heavy (non-hydrogen) atoms. The molecule has 1 saturated heterocycles. The largest absolute Gasteiger partial charge is 0.457 e. The molecule has 1 aliphatic rings. The van der Waals surface area contributed by atoms with Gasteiger partial charge in [0, 0.05) is 24.2 Å². The number of esters is 1. The maximum Gasteiger partial charge on any atom is 0.306 e. The molecule has 0 radical (unpaired) electrons. The number of aromatic amines is 1. The third-order valence-corrected chi connectivity index (χ3v) is 4.83.